The Morgan fingerprint density at radius 3 is 2.84 bits per heavy atom. The van der Waals surface area contributed by atoms with Crippen molar-refractivity contribution >= 4 is 34.1 Å². The summed E-state index contributed by atoms with van der Waals surface area (Å²) in [6.45, 7) is 0. The van der Waals surface area contributed by atoms with Gasteiger partial charge in [0.05, 0.1) is 22.5 Å². The molecule has 1 aromatic heterocycles. The van der Waals surface area contributed by atoms with Gasteiger partial charge in [0.25, 0.3) is 5.91 Å². The molecule has 1 aliphatic rings. The zero-order valence-corrected chi connectivity index (χ0v) is 10.6. The van der Waals surface area contributed by atoms with Gasteiger partial charge in [0.15, 0.2) is 0 Å². The Labute approximate surface area is 114 Å². The molecule has 1 amide bonds. The number of aromatic nitrogens is 1. The van der Waals surface area contributed by atoms with Crippen LogP contribution in [0.3, 0.4) is 0 Å². The van der Waals surface area contributed by atoms with Gasteiger partial charge < -0.3 is 9.88 Å². The SMILES string of the molecule is O=C1Nc2cc(Cl)cc3ccn(c23)-c2ccccc21. The van der Waals surface area contributed by atoms with E-state index in [-0.39, 0.29) is 5.91 Å². The largest absolute Gasteiger partial charge is 0.320 e. The van der Waals surface area contributed by atoms with Gasteiger partial charge in [-0.3, -0.25) is 4.79 Å². The fourth-order valence-corrected chi connectivity index (χ4v) is 2.83. The summed E-state index contributed by atoms with van der Waals surface area (Å²) in [5.74, 6) is -0.108. The molecule has 92 valence electrons. The molecule has 2 aromatic carbocycles. The molecule has 0 atom stereocenters. The number of nitrogens with one attached hydrogen (secondary N) is 1. The Morgan fingerprint density at radius 1 is 1.11 bits per heavy atom. The molecule has 0 saturated heterocycles. The number of carbonyl (C=O) groups excluding carboxylic acids is 1. The van der Waals surface area contributed by atoms with Crippen molar-refractivity contribution < 1.29 is 4.79 Å². The lowest BCUT2D eigenvalue weighted by atomic mass is 10.1. The van der Waals surface area contributed by atoms with Crippen molar-refractivity contribution in [2.45, 2.75) is 0 Å². The van der Waals surface area contributed by atoms with Crippen molar-refractivity contribution in [1.29, 1.82) is 0 Å². The van der Waals surface area contributed by atoms with E-state index in [0.29, 0.717) is 10.6 Å². The van der Waals surface area contributed by atoms with Crippen molar-refractivity contribution in [3.05, 3.63) is 59.2 Å². The Hall–Kier alpha value is -2.26. The zero-order chi connectivity index (χ0) is 13.0. The van der Waals surface area contributed by atoms with Crippen LogP contribution in [0.4, 0.5) is 5.69 Å². The maximum Gasteiger partial charge on any atom is 0.257 e. The van der Waals surface area contributed by atoms with Crippen LogP contribution in [0.5, 0.6) is 0 Å². The lowest BCUT2D eigenvalue weighted by molar-refractivity contribution is 0.102. The highest BCUT2D eigenvalue weighted by atomic mass is 35.5. The fourth-order valence-electron chi connectivity index (χ4n) is 2.61. The van der Waals surface area contributed by atoms with Gasteiger partial charge in [-0.05, 0) is 30.3 Å². The number of halogens is 1. The number of anilines is 1. The zero-order valence-electron chi connectivity index (χ0n) is 9.85. The molecule has 0 fully saturated rings. The number of para-hydroxylation sites is 1. The second kappa shape index (κ2) is 3.62. The molecule has 0 spiro atoms. The van der Waals surface area contributed by atoms with Gasteiger partial charge in [0.1, 0.15) is 0 Å². The van der Waals surface area contributed by atoms with Gasteiger partial charge in [0.2, 0.25) is 0 Å². The van der Waals surface area contributed by atoms with E-state index in [1.165, 1.54) is 0 Å². The van der Waals surface area contributed by atoms with Crippen molar-refractivity contribution in [2.75, 3.05) is 5.32 Å². The summed E-state index contributed by atoms with van der Waals surface area (Å²) >= 11 is 6.09. The molecule has 1 aliphatic heterocycles. The molecule has 3 nitrogen and oxygen atoms in total. The van der Waals surface area contributed by atoms with Crippen molar-refractivity contribution in [3.8, 4) is 5.69 Å². The second-order valence-corrected chi connectivity index (χ2v) is 4.98. The molecule has 1 N–H and O–H groups in total. The van der Waals surface area contributed by atoms with Gasteiger partial charge in [0, 0.05) is 16.6 Å². The summed E-state index contributed by atoms with van der Waals surface area (Å²) in [5, 5.41) is 4.56. The molecule has 3 aromatic rings. The quantitative estimate of drug-likeness (QED) is 0.660. The summed E-state index contributed by atoms with van der Waals surface area (Å²) < 4.78 is 2.02. The van der Waals surface area contributed by atoms with Crippen LogP contribution in [-0.4, -0.2) is 10.5 Å². The molecule has 4 heteroatoms. The average Bonchev–Trinajstić information content (AvgIpc) is 2.77. The second-order valence-electron chi connectivity index (χ2n) is 4.55. The molecule has 0 radical (unpaired) electrons. The van der Waals surface area contributed by atoms with E-state index >= 15 is 0 Å². The predicted octanol–water partition coefficient (Wildman–Crippen LogP) is 3.85. The van der Waals surface area contributed by atoms with E-state index in [2.05, 4.69) is 5.32 Å². The maximum absolute atomic E-state index is 12.3. The van der Waals surface area contributed by atoms with E-state index in [1.807, 2.05) is 47.2 Å². The third kappa shape index (κ3) is 1.42. The molecule has 4 rings (SSSR count). The molecule has 2 heterocycles. The maximum atomic E-state index is 12.3. The Morgan fingerprint density at radius 2 is 1.95 bits per heavy atom. The minimum absolute atomic E-state index is 0.108. The van der Waals surface area contributed by atoms with Crippen LogP contribution >= 0.6 is 11.6 Å². The highest BCUT2D eigenvalue weighted by molar-refractivity contribution is 6.32. The molecule has 0 aliphatic carbocycles. The smallest absolute Gasteiger partial charge is 0.257 e. The number of carbonyl (C=O) groups is 1. The van der Waals surface area contributed by atoms with Gasteiger partial charge >= 0.3 is 0 Å². The summed E-state index contributed by atoms with van der Waals surface area (Å²) in [7, 11) is 0. The van der Waals surface area contributed by atoms with Crippen molar-refractivity contribution in [1.82, 2.24) is 4.57 Å². The summed E-state index contributed by atoms with van der Waals surface area (Å²) in [6, 6.07) is 13.2. The number of nitrogens with zero attached hydrogens (tertiary/aromatic N) is 1. The average molecular weight is 269 g/mol. The Bertz CT molecular complexity index is 835. The lowest BCUT2D eigenvalue weighted by Gasteiger charge is -2.06. The number of hydrogen-bond acceptors (Lipinski definition) is 1. The molecular formula is C15H9ClN2O. The van der Waals surface area contributed by atoms with Crippen LogP contribution < -0.4 is 5.32 Å². The van der Waals surface area contributed by atoms with Gasteiger partial charge in [-0.25, -0.2) is 0 Å². The number of benzene rings is 2. The number of hydrogen-bond donors (Lipinski definition) is 1. The summed E-state index contributed by atoms with van der Waals surface area (Å²) in [6.07, 6.45) is 1.96. The van der Waals surface area contributed by atoms with Gasteiger partial charge in [-0.2, -0.15) is 0 Å². The first kappa shape index (κ1) is 10.6. The summed E-state index contributed by atoms with van der Waals surface area (Å²) in [4.78, 5) is 12.3. The molecule has 0 unspecified atom stereocenters. The standard InChI is InChI=1S/C15H9ClN2O/c16-10-7-9-5-6-18-13-4-2-1-3-11(13)15(19)17-12(8-10)14(9)18/h1-8H,(H,17,19). The van der Waals surface area contributed by atoms with E-state index in [4.69, 9.17) is 11.6 Å². The van der Waals surface area contributed by atoms with E-state index in [9.17, 15) is 4.79 Å². The van der Waals surface area contributed by atoms with Crippen LogP contribution in [0.1, 0.15) is 10.4 Å². The summed E-state index contributed by atoms with van der Waals surface area (Å²) in [5.41, 5.74) is 3.26. The monoisotopic (exact) mass is 268 g/mol. The molecular weight excluding hydrogens is 260 g/mol. The lowest BCUT2D eigenvalue weighted by Crippen LogP contribution is -2.11. The van der Waals surface area contributed by atoms with Gasteiger partial charge in [-0.15, -0.1) is 0 Å². The van der Waals surface area contributed by atoms with Crippen LogP contribution in [0, 0.1) is 0 Å². The predicted molar refractivity (Wildman–Crippen MR) is 76.2 cm³/mol. The van der Waals surface area contributed by atoms with E-state index in [0.717, 1.165) is 22.3 Å². The number of amides is 1. The van der Waals surface area contributed by atoms with Crippen LogP contribution in [-0.2, 0) is 0 Å². The Kier molecular flexibility index (Phi) is 2.03. The minimum atomic E-state index is -0.108. The topological polar surface area (TPSA) is 34.0 Å². The first-order chi connectivity index (χ1) is 9.24. The van der Waals surface area contributed by atoms with Gasteiger partial charge in [-0.1, -0.05) is 23.7 Å². The Balaban J connectivity index is 2.18. The normalized spacial score (nSPS) is 13.0. The van der Waals surface area contributed by atoms with E-state index in [1.54, 1.807) is 6.07 Å². The highest BCUT2D eigenvalue weighted by Crippen LogP contribution is 2.34. The first-order valence-corrected chi connectivity index (χ1v) is 6.33. The van der Waals surface area contributed by atoms with Crippen LogP contribution in [0.25, 0.3) is 16.6 Å². The van der Waals surface area contributed by atoms with Crippen LogP contribution in [0.2, 0.25) is 5.02 Å². The third-order valence-electron chi connectivity index (χ3n) is 3.40. The molecule has 0 saturated carbocycles. The number of rotatable bonds is 0. The van der Waals surface area contributed by atoms with Crippen molar-refractivity contribution in [3.63, 3.8) is 0 Å². The molecule has 19 heavy (non-hydrogen) atoms. The minimum Gasteiger partial charge on any atom is -0.320 e. The first-order valence-electron chi connectivity index (χ1n) is 5.95. The van der Waals surface area contributed by atoms with E-state index < -0.39 is 0 Å². The number of fused-ring (bicyclic) bond motifs is 2. The molecule has 0 bridgehead atoms. The highest BCUT2D eigenvalue weighted by Gasteiger charge is 2.21. The fraction of sp³-hybridized carbons (Fsp3) is 0. The van der Waals surface area contributed by atoms with Crippen molar-refractivity contribution in [2.24, 2.45) is 0 Å². The van der Waals surface area contributed by atoms with Crippen LogP contribution in [0.15, 0.2) is 48.7 Å². The third-order valence-corrected chi connectivity index (χ3v) is 3.62.